The number of unbranched alkanes of at least 4 members (excludes halogenated alkanes) is 24. The Balaban J connectivity index is 3.42. The van der Waals surface area contributed by atoms with E-state index < -0.39 is 6.10 Å². The van der Waals surface area contributed by atoms with Crippen LogP contribution in [0.4, 0.5) is 0 Å². The summed E-state index contributed by atoms with van der Waals surface area (Å²) < 4.78 is 11.1. The van der Waals surface area contributed by atoms with Gasteiger partial charge in [0.25, 0.3) is 0 Å². The van der Waals surface area contributed by atoms with Crippen molar-refractivity contribution in [2.75, 3.05) is 19.8 Å². The van der Waals surface area contributed by atoms with Gasteiger partial charge in [-0.3, -0.25) is 4.79 Å². The van der Waals surface area contributed by atoms with Gasteiger partial charge in [0.05, 0.1) is 13.2 Å². The molecule has 0 spiro atoms. The standard InChI is InChI=1S/C37H72O4/c1-3-5-7-9-11-13-15-17-18-19-21-23-25-27-29-31-33-40-35-36(34-38)41-37(39)32-30-28-26-24-22-20-16-14-12-10-8-6-4-2/h17-18,36,38H,3-16,19-35H2,1-2H3/b18-17-. The first-order valence-electron chi connectivity index (χ1n) is 18.3. The van der Waals surface area contributed by atoms with Crippen LogP contribution in [0.15, 0.2) is 12.2 Å². The summed E-state index contributed by atoms with van der Waals surface area (Å²) in [5.74, 6) is -0.201. The fraction of sp³-hybridized carbons (Fsp3) is 0.919. The number of ether oxygens (including phenoxy) is 2. The molecule has 0 aromatic carbocycles. The van der Waals surface area contributed by atoms with Crippen molar-refractivity contribution < 1.29 is 19.4 Å². The molecule has 0 saturated carbocycles. The average Bonchev–Trinajstić information content (AvgIpc) is 2.98. The van der Waals surface area contributed by atoms with Gasteiger partial charge in [-0.05, 0) is 38.5 Å². The van der Waals surface area contributed by atoms with Gasteiger partial charge in [-0.15, -0.1) is 0 Å². The van der Waals surface area contributed by atoms with Gasteiger partial charge in [0.2, 0.25) is 0 Å². The predicted octanol–water partition coefficient (Wildman–Crippen LogP) is 11.4. The maximum Gasteiger partial charge on any atom is 0.306 e. The predicted molar refractivity (Wildman–Crippen MR) is 178 cm³/mol. The average molecular weight is 581 g/mol. The van der Waals surface area contributed by atoms with Crippen LogP contribution < -0.4 is 0 Å². The molecule has 0 aliphatic rings. The van der Waals surface area contributed by atoms with Crippen molar-refractivity contribution in [1.29, 1.82) is 0 Å². The van der Waals surface area contributed by atoms with Crippen LogP contribution in [-0.4, -0.2) is 37.0 Å². The van der Waals surface area contributed by atoms with E-state index in [1.165, 1.54) is 154 Å². The first-order valence-corrected chi connectivity index (χ1v) is 18.3. The molecular formula is C37H72O4. The molecule has 1 unspecified atom stereocenters. The van der Waals surface area contributed by atoms with Crippen LogP contribution in [0.2, 0.25) is 0 Å². The molecule has 0 fully saturated rings. The smallest absolute Gasteiger partial charge is 0.306 e. The molecular weight excluding hydrogens is 508 g/mol. The molecule has 0 heterocycles. The molecule has 0 aliphatic carbocycles. The van der Waals surface area contributed by atoms with Crippen molar-refractivity contribution in [2.24, 2.45) is 0 Å². The molecule has 0 aliphatic heterocycles. The number of aliphatic hydroxyl groups excluding tert-OH is 1. The van der Waals surface area contributed by atoms with Gasteiger partial charge >= 0.3 is 5.97 Å². The normalized spacial score (nSPS) is 12.4. The van der Waals surface area contributed by atoms with E-state index in [0.717, 1.165) is 19.3 Å². The lowest BCUT2D eigenvalue weighted by Gasteiger charge is -2.15. The highest BCUT2D eigenvalue weighted by molar-refractivity contribution is 5.69. The van der Waals surface area contributed by atoms with Crippen molar-refractivity contribution in [3.63, 3.8) is 0 Å². The number of aliphatic hydroxyl groups is 1. The Labute approximate surface area is 256 Å². The zero-order valence-electron chi connectivity index (χ0n) is 27.8. The number of carbonyl (C=O) groups is 1. The third-order valence-corrected chi connectivity index (χ3v) is 8.09. The van der Waals surface area contributed by atoms with Crippen LogP contribution in [0.1, 0.15) is 194 Å². The van der Waals surface area contributed by atoms with Crippen LogP contribution in [0, 0.1) is 0 Å². The van der Waals surface area contributed by atoms with E-state index in [4.69, 9.17) is 9.47 Å². The van der Waals surface area contributed by atoms with Crippen molar-refractivity contribution >= 4 is 5.97 Å². The maximum atomic E-state index is 12.1. The van der Waals surface area contributed by atoms with Gasteiger partial charge in [0.15, 0.2) is 0 Å². The minimum atomic E-state index is -0.529. The van der Waals surface area contributed by atoms with E-state index >= 15 is 0 Å². The summed E-state index contributed by atoms with van der Waals surface area (Å²) in [4.78, 5) is 12.1. The number of hydrogen-bond donors (Lipinski definition) is 1. The lowest BCUT2D eigenvalue weighted by atomic mass is 10.0. The summed E-state index contributed by atoms with van der Waals surface area (Å²) in [5, 5.41) is 9.54. The van der Waals surface area contributed by atoms with Crippen molar-refractivity contribution in [1.82, 2.24) is 0 Å². The van der Waals surface area contributed by atoms with Gasteiger partial charge < -0.3 is 14.6 Å². The fourth-order valence-corrected chi connectivity index (χ4v) is 5.32. The highest BCUT2D eigenvalue weighted by atomic mass is 16.6. The largest absolute Gasteiger partial charge is 0.457 e. The molecule has 0 amide bonds. The Morgan fingerprint density at radius 3 is 1.39 bits per heavy atom. The number of allylic oxidation sites excluding steroid dienone is 2. The Morgan fingerprint density at radius 2 is 0.951 bits per heavy atom. The van der Waals surface area contributed by atoms with E-state index in [9.17, 15) is 9.90 Å². The monoisotopic (exact) mass is 581 g/mol. The topological polar surface area (TPSA) is 55.8 Å². The Morgan fingerprint density at radius 1 is 0.561 bits per heavy atom. The molecule has 0 rings (SSSR count). The maximum absolute atomic E-state index is 12.1. The summed E-state index contributed by atoms with van der Waals surface area (Å²) in [5.41, 5.74) is 0. The molecule has 1 N–H and O–H groups in total. The molecule has 0 aromatic heterocycles. The van der Waals surface area contributed by atoms with E-state index in [1.54, 1.807) is 0 Å². The summed E-state index contributed by atoms with van der Waals surface area (Å²) in [7, 11) is 0. The van der Waals surface area contributed by atoms with Crippen LogP contribution in [-0.2, 0) is 14.3 Å². The number of hydrogen-bond acceptors (Lipinski definition) is 4. The molecule has 0 bridgehead atoms. The number of rotatable bonds is 34. The Bertz CT molecular complexity index is 533. The quantitative estimate of drug-likeness (QED) is 0.0467. The zero-order valence-corrected chi connectivity index (χ0v) is 27.8. The van der Waals surface area contributed by atoms with Crippen molar-refractivity contribution in [3.8, 4) is 0 Å². The van der Waals surface area contributed by atoms with E-state index in [-0.39, 0.29) is 12.6 Å². The highest BCUT2D eigenvalue weighted by Crippen LogP contribution is 2.14. The molecule has 0 aromatic rings. The first-order chi connectivity index (χ1) is 20.2. The van der Waals surface area contributed by atoms with Gasteiger partial charge in [-0.25, -0.2) is 0 Å². The lowest BCUT2D eigenvalue weighted by molar-refractivity contribution is -0.154. The molecule has 0 saturated heterocycles. The summed E-state index contributed by atoms with van der Waals surface area (Å²) in [6.45, 7) is 5.35. The van der Waals surface area contributed by atoms with Gasteiger partial charge in [-0.1, -0.05) is 161 Å². The van der Waals surface area contributed by atoms with Crippen molar-refractivity contribution in [2.45, 2.75) is 200 Å². The first kappa shape index (κ1) is 40.1. The summed E-state index contributed by atoms with van der Waals surface area (Å²) in [6.07, 6.45) is 39.6. The van der Waals surface area contributed by atoms with Crippen LogP contribution in [0.25, 0.3) is 0 Å². The fourth-order valence-electron chi connectivity index (χ4n) is 5.32. The molecule has 1 atom stereocenters. The number of esters is 1. The lowest BCUT2D eigenvalue weighted by Crippen LogP contribution is -2.27. The Kier molecular flexibility index (Phi) is 34.6. The molecule has 4 nitrogen and oxygen atoms in total. The SMILES string of the molecule is CCCCCCCC/C=C\CCCCCCCCOCC(CO)OC(=O)CCCCCCCCCCCCCCC. The third-order valence-electron chi connectivity index (χ3n) is 8.09. The second-order valence-electron chi connectivity index (χ2n) is 12.3. The molecule has 4 heteroatoms. The highest BCUT2D eigenvalue weighted by Gasteiger charge is 2.13. The molecule has 41 heavy (non-hydrogen) atoms. The van der Waals surface area contributed by atoms with E-state index in [1.807, 2.05) is 0 Å². The van der Waals surface area contributed by atoms with E-state index in [0.29, 0.717) is 19.6 Å². The Hall–Kier alpha value is -0.870. The second-order valence-corrected chi connectivity index (χ2v) is 12.3. The minimum Gasteiger partial charge on any atom is -0.457 e. The van der Waals surface area contributed by atoms with Gasteiger partial charge in [0.1, 0.15) is 6.10 Å². The molecule has 244 valence electrons. The summed E-state index contributed by atoms with van der Waals surface area (Å²) >= 11 is 0. The van der Waals surface area contributed by atoms with Crippen LogP contribution in [0.3, 0.4) is 0 Å². The number of carbonyl (C=O) groups excluding carboxylic acids is 1. The van der Waals surface area contributed by atoms with Gasteiger partial charge in [0, 0.05) is 13.0 Å². The summed E-state index contributed by atoms with van der Waals surface area (Å²) in [6, 6.07) is 0. The second kappa shape index (κ2) is 35.3. The van der Waals surface area contributed by atoms with Crippen LogP contribution >= 0.6 is 0 Å². The molecule has 0 radical (unpaired) electrons. The van der Waals surface area contributed by atoms with Gasteiger partial charge in [-0.2, -0.15) is 0 Å². The van der Waals surface area contributed by atoms with E-state index in [2.05, 4.69) is 26.0 Å². The van der Waals surface area contributed by atoms with Crippen LogP contribution in [0.5, 0.6) is 0 Å². The minimum absolute atomic E-state index is 0.169. The zero-order chi connectivity index (χ0) is 29.9. The third kappa shape index (κ3) is 33.5. The van der Waals surface area contributed by atoms with Crippen molar-refractivity contribution in [3.05, 3.63) is 12.2 Å².